The van der Waals surface area contributed by atoms with Gasteiger partial charge in [0.2, 0.25) is 0 Å². The van der Waals surface area contributed by atoms with Crippen molar-refractivity contribution in [2.24, 2.45) is 0 Å². The zero-order chi connectivity index (χ0) is 29.3. The normalized spacial score (nSPS) is 22.3. The van der Waals surface area contributed by atoms with E-state index in [1.54, 1.807) is 36.2 Å². The number of hydrogen-bond acceptors (Lipinski definition) is 4. The summed E-state index contributed by atoms with van der Waals surface area (Å²) in [6.45, 7) is 2.83. The maximum Gasteiger partial charge on any atom is 0.416 e. The van der Waals surface area contributed by atoms with Gasteiger partial charge in [-0.25, -0.2) is 4.79 Å². The molecule has 1 aliphatic carbocycles. The molecule has 10 heteroatoms. The lowest BCUT2D eigenvalue weighted by molar-refractivity contribution is -0.137. The fourth-order valence-electron chi connectivity index (χ4n) is 6.34. The SMILES string of the molecule is CN(C(=O)N1CC[C@H](N(C)C(=O)c2ccc(-c3ccc(C(F)(F)F)cc3)cc2)C1)C1CCN(C2CCC(=O)CC2)C1. The molecule has 5 rings (SSSR count). The van der Waals surface area contributed by atoms with Gasteiger partial charge in [-0.2, -0.15) is 13.2 Å². The van der Waals surface area contributed by atoms with Crippen LogP contribution in [-0.2, 0) is 11.0 Å². The molecule has 1 saturated carbocycles. The number of halogens is 3. The minimum Gasteiger partial charge on any atom is -0.337 e. The summed E-state index contributed by atoms with van der Waals surface area (Å²) in [5.41, 5.74) is 1.15. The van der Waals surface area contributed by atoms with E-state index in [0.717, 1.165) is 50.0 Å². The van der Waals surface area contributed by atoms with Gasteiger partial charge in [-0.3, -0.25) is 14.5 Å². The number of benzene rings is 2. The molecule has 0 bridgehead atoms. The van der Waals surface area contributed by atoms with Crippen LogP contribution in [0.1, 0.15) is 54.4 Å². The molecule has 0 spiro atoms. The first-order chi connectivity index (χ1) is 19.5. The van der Waals surface area contributed by atoms with Crippen LogP contribution in [0.25, 0.3) is 11.1 Å². The Morgan fingerprint density at radius 3 is 1.95 bits per heavy atom. The molecule has 220 valence electrons. The van der Waals surface area contributed by atoms with Crippen LogP contribution in [0.15, 0.2) is 48.5 Å². The number of likely N-dealkylation sites (tertiary alicyclic amines) is 2. The van der Waals surface area contributed by atoms with E-state index >= 15 is 0 Å². The second kappa shape index (κ2) is 11.8. The Morgan fingerprint density at radius 1 is 0.780 bits per heavy atom. The smallest absolute Gasteiger partial charge is 0.337 e. The van der Waals surface area contributed by atoms with E-state index in [1.807, 2.05) is 16.8 Å². The van der Waals surface area contributed by atoms with Crippen molar-refractivity contribution in [3.8, 4) is 11.1 Å². The molecule has 3 aliphatic rings. The quantitative estimate of drug-likeness (QED) is 0.499. The lowest BCUT2D eigenvalue weighted by Gasteiger charge is -2.33. The van der Waals surface area contributed by atoms with Crippen LogP contribution in [-0.4, -0.2) is 95.7 Å². The molecule has 1 unspecified atom stereocenters. The van der Waals surface area contributed by atoms with Crippen LogP contribution in [0.4, 0.5) is 18.0 Å². The highest BCUT2D eigenvalue weighted by molar-refractivity contribution is 5.95. The molecule has 2 aromatic carbocycles. The van der Waals surface area contributed by atoms with Gasteiger partial charge in [-0.05, 0) is 61.1 Å². The number of hydrogen-bond donors (Lipinski definition) is 0. The Bertz CT molecular complexity index is 1250. The Kier molecular flexibility index (Phi) is 8.40. The monoisotopic (exact) mass is 570 g/mol. The predicted octanol–water partition coefficient (Wildman–Crippen LogP) is 5.16. The van der Waals surface area contributed by atoms with Crippen LogP contribution in [0.3, 0.4) is 0 Å². The second-order valence-corrected chi connectivity index (χ2v) is 11.6. The van der Waals surface area contributed by atoms with Gasteiger partial charge in [0.1, 0.15) is 5.78 Å². The molecule has 3 amide bonds. The van der Waals surface area contributed by atoms with Crippen LogP contribution >= 0.6 is 0 Å². The van der Waals surface area contributed by atoms with Crippen molar-refractivity contribution in [3.63, 3.8) is 0 Å². The summed E-state index contributed by atoms with van der Waals surface area (Å²) in [6, 6.07) is 12.2. The first-order valence-electron chi connectivity index (χ1n) is 14.3. The zero-order valence-corrected chi connectivity index (χ0v) is 23.6. The molecule has 0 N–H and O–H groups in total. The van der Waals surface area contributed by atoms with Crippen molar-refractivity contribution in [2.45, 2.75) is 62.8 Å². The van der Waals surface area contributed by atoms with Crippen LogP contribution in [0, 0.1) is 0 Å². The fourth-order valence-corrected chi connectivity index (χ4v) is 6.34. The molecular formula is C31H37F3N4O3. The van der Waals surface area contributed by atoms with E-state index in [-0.39, 0.29) is 24.0 Å². The number of carbonyl (C=O) groups excluding carboxylic acids is 3. The van der Waals surface area contributed by atoms with Crippen molar-refractivity contribution in [1.82, 2.24) is 19.6 Å². The standard InChI is InChI=1S/C31H37F3N4O3/c1-35(29(40)23-5-3-21(4-6-23)22-7-9-24(10-8-22)31(32,33)34)26-16-18-38(20-26)30(41)36(2)27-15-17-37(19-27)25-11-13-28(39)14-12-25/h3-10,25-27H,11-20H2,1-2H3/t26-,27?/m0/s1. The first-order valence-corrected chi connectivity index (χ1v) is 14.3. The molecule has 2 aliphatic heterocycles. The largest absolute Gasteiger partial charge is 0.416 e. The minimum atomic E-state index is -4.38. The summed E-state index contributed by atoms with van der Waals surface area (Å²) in [6.07, 6.45) is 0.370. The minimum absolute atomic E-state index is 0.0140. The summed E-state index contributed by atoms with van der Waals surface area (Å²) in [7, 11) is 3.61. The van der Waals surface area contributed by atoms with Gasteiger partial charge in [0, 0.05) is 70.8 Å². The van der Waals surface area contributed by atoms with E-state index in [4.69, 9.17) is 0 Å². The molecular weight excluding hydrogens is 533 g/mol. The molecule has 0 radical (unpaired) electrons. The average molecular weight is 571 g/mol. The van der Waals surface area contributed by atoms with Gasteiger partial charge >= 0.3 is 12.2 Å². The summed E-state index contributed by atoms with van der Waals surface area (Å²) in [4.78, 5) is 45.9. The topological polar surface area (TPSA) is 64.2 Å². The number of Topliss-reactive ketones (excluding diaryl/α,β-unsaturated/α-hetero) is 1. The van der Waals surface area contributed by atoms with Crippen molar-refractivity contribution < 1.29 is 27.6 Å². The summed E-state index contributed by atoms with van der Waals surface area (Å²) < 4.78 is 38.6. The zero-order valence-electron chi connectivity index (χ0n) is 23.6. The Balaban J connectivity index is 1.13. The van der Waals surface area contributed by atoms with E-state index in [2.05, 4.69) is 4.90 Å². The van der Waals surface area contributed by atoms with Gasteiger partial charge in [0.15, 0.2) is 0 Å². The predicted molar refractivity (Wildman–Crippen MR) is 149 cm³/mol. The molecule has 2 saturated heterocycles. The molecule has 2 aromatic rings. The maximum atomic E-state index is 13.3. The van der Waals surface area contributed by atoms with Crippen molar-refractivity contribution in [2.75, 3.05) is 40.3 Å². The van der Waals surface area contributed by atoms with Crippen molar-refractivity contribution >= 4 is 17.7 Å². The van der Waals surface area contributed by atoms with Gasteiger partial charge < -0.3 is 14.7 Å². The van der Waals surface area contributed by atoms with E-state index in [9.17, 15) is 27.6 Å². The van der Waals surface area contributed by atoms with Crippen LogP contribution in [0.2, 0.25) is 0 Å². The van der Waals surface area contributed by atoms with E-state index < -0.39 is 11.7 Å². The highest BCUT2D eigenvalue weighted by Crippen LogP contribution is 2.31. The molecule has 2 heterocycles. The number of likely N-dealkylation sites (N-methyl/N-ethyl adjacent to an activating group) is 2. The van der Waals surface area contributed by atoms with Crippen molar-refractivity contribution in [3.05, 3.63) is 59.7 Å². The average Bonchev–Trinajstić information content (AvgIpc) is 3.67. The molecule has 41 heavy (non-hydrogen) atoms. The lowest BCUT2D eigenvalue weighted by atomic mass is 9.93. The molecule has 0 aromatic heterocycles. The highest BCUT2D eigenvalue weighted by atomic mass is 19.4. The Morgan fingerprint density at radius 2 is 1.34 bits per heavy atom. The van der Waals surface area contributed by atoms with Crippen LogP contribution in [0.5, 0.6) is 0 Å². The van der Waals surface area contributed by atoms with Gasteiger partial charge in [0.05, 0.1) is 11.6 Å². The van der Waals surface area contributed by atoms with E-state index in [0.29, 0.717) is 55.3 Å². The highest BCUT2D eigenvalue weighted by Gasteiger charge is 2.38. The first kappa shape index (κ1) is 29.1. The Labute approximate surface area is 238 Å². The number of carbonyl (C=O) groups is 3. The number of alkyl halides is 3. The van der Waals surface area contributed by atoms with E-state index in [1.165, 1.54) is 12.1 Å². The number of urea groups is 1. The van der Waals surface area contributed by atoms with Gasteiger partial charge in [0.25, 0.3) is 5.91 Å². The second-order valence-electron chi connectivity index (χ2n) is 11.6. The Hall–Kier alpha value is -3.40. The van der Waals surface area contributed by atoms with Gasteiger partial charge in [-0.1, -0.05) is 24.3 Å². The summed E-state index contributed by atoms with van der Waals surface area (Å²) in [5, 5.41) is 0. The van der Waals surface area contributed by atoms with Gasteiger partial charge in [-0.15, -0.1) is 0 Å². The third-order valence-corrected chi connectivity index (χ3v) is 9.05. The third-order valence-electron chi connectivity index (χ3n) is 9.05. The summed E-state index contributed by atoms with van der Waals surface area (Å²) >= 11 is 0. The summed E-state index contributed by atoms with van der Waals surface area (Å²) in [5.74, 6) is 0.195. The number of ketones is 1. The molecule has 3 fully saturated rings. The maximum absolute atomic E-state index is 13.3. The van der Waals surface area contributed by atoms with Crippen LogP contribution < -0.4 is 0 Å². The third kappa shape index (κ3) is 6.42. The fraction of sp³-hybridized carbons (Fsp3) is 0.516. The number of nitrogens with zero attached hydrogens (tertiary/aromatic N) is 4. The lowest BCUT2D eigenvalue weighted by Crippen LogP contribution is -2.48. The molecule has 7 nitrogen and oxygen atoms in total. The van der Waals surface area contributed by atoms with Crippen molar-refractivity contribution in [1.29, 1.82) is 0 Å². The molecule has 2 atom stereocenters. The number of amides is 3. The number of rotatable bonds is 5.